The van der Waals surface area contributed by atoms with E-state index in [-0.39, 0.29) is 0 Å². The third-order valence-electron chi connectivity index (χ3n) is 2.71. The van der Waals surface area contributed by atoms with Gasteiger partial charge in [-0.3, -0.25) is 9.97 Å². The van der Waals surface area contributed by atoms with Crippen LogP contribution in [0.2, 0.25) is 0 Å². The number of rotatable bonds is 0. The van der Waals surface area contributed by atoms with E-state index >= 15 is 0 Å². The van der Waals surface area contributed by atoms with Crippen LogP contribution in [0.15, 0.2) is 42.9 Å². The summed E-state index contributed by atoms with van der Waals surface area (Å²) in [6.07, 6.45) is 5.56. The highest BCUT2D eigenvalue weighted by Crippen LogP contribution is 2.24. The van der Waals surface area contributed by atoms with E-state index in [0.29, 0.717) is 0 Å². The van der Waals surface area contributed by atoms with Crippen molar-refractivity contribution in [3.63, 3.8) is 0 Å². The molecule has 0 fully saturated rings. The van der Waals surface area contributed by atoms with Crippen molar-refractivity contribution >= 4 is 21.7 Å². The molecular formula is C13H10N2. The third kappa shape index (κ3) is 1.18. The number of aromatic nitrogens is 2. The minimum absolute atomic E-state index is 1.08. The molecule has 3 aromatic rings. The second-order valence-electron chi connectivity index (χ2n) is 3.69. The molecule has 0 aliphatic carbocycles. The zero-order chi connectivity index (χ0) is 10.3. The van der Waals surface area contributed by atoms with Gasteiger partial charge in [0.05, 0.1) is 5.52 Å². The summed E-state index contributed by atoms with van der Waals surface area (Å²) in [5.41, 5.74) is 2.29. The maximum atomic E-state index is 4.47. The van der Waals surface area contributed by atoms with E-state index in [0.717, 1.165) is 10.9 Å². The average Bonchev–Trinajstić information content (AvgIpc) is 2.29. The monoisotopic (exact) mass is 194 g/mol. The lowest BCUT2D eigenvalue weighted by molar-refractivity contribution is 1.34. The Morgan fingerprint density at radius 2 is 1.93 bits per heavy atom. The van der Waals surface area contributed by atoms with Crippen molar-refractivity contribution in [3.05, 3.63) is 48.4 Å². The molecule has 2 nitrogen and oxygen atoms in total. The highest BCUT2D eigenvalue weighted by Gasteiger charge is 2.02. The van der Waals surface area contributed by atoms with Crippen LogP contribution in [0, 0.1) is 6.92 Å². The van der Waals surface area contributed by atoms with Crippen molar-refractivity contribution in [2.45, 2.75) is 6.92 Å². The van der Waals surface area contributed by atoms with Gasteiger partial charge in [0.15, 0.2) is 0 Å². The fraction of sp³-hybridized carbons (Fsp3) is 0.0769. The molecule has 0 bridgehead atoms. The molecule has 3 rings (SSSR count). The first-order valence-electron chi connectivity index (χ1n) is 4.94. The molecular weight excluding hydrogens is 184 g/mol. The molecule has 0 saturated heterocycles. The van der Waals surface area contributed by atoms with E-state index in [4.69, 9.17) is 0 Å². The van der Waals surface area contributed by atoms with Gasteiger partial charge in [0.25, 0.3) is 0 Å². The Labute approximate surface area is 87.6 Å². The number of pyridine rings is 2. The average molecular weight is 194 g/mol. The molecule has 0 N–H and O–H groups in total. The fourth-order valence-corrected chi connectivity index (χ4v) is 1.94. The van der Waals surface area contributed by atoms with Gasteiger partial charge in [0.2, 0.25) is 0 Å². The summed E-state index contributed by atoms with van der Waals surface area (Å²) in [6, 6.07) is 8.30. The van der Waals surface area contributed by atoms with Gasteiger partial charge in [0.1, 0.15) is 0 Å². The molecule has 0 aliphatic rings. The third-order valence-corrected chi connectivity index (χ3v) is 2.71. The van der Waals surface area contributed by atoms with Crippen LogP contribution in [0.4, 0.5) is 0 Å². The van der Waals surface area contributed by atoms with Crippen LogP contribution in [-0.4, -0.2) is 9.97 Å². The summed E-state index contributed by atoms with van der Waals surface area (Å²) < 4.78 is 0. The molecule has 0 aliphatic heterocycles. The van der Waals surface area contributed by atoms with Crippen molar-refractivity contribution in [1.29, 1.82) is 0 Å². The van der Waals surface area contributed by atoms with Gasteiger partial charge in [-0.05, 0) is 23.9 Å². The maximum Gasteiger partial charge on any atom is 0.0737 e. The number of nitrogens with zero attached hydrogens (tertiary/aromatic N) is 2. The van der Waals surface area contributed by atoms with Gasteiger partial charge < -0.3 is 0 Å². The SMILES string of the molecule is Cc1cccc2c1ncc1cnccc12. The van der Waals surface area contributed by atoms with Crippen molar-refractivity contribution in [2.24, 2.45) is 0 Å². The molecule has 0 radical (unpaired) electrons. The van der Waals surface area contributed by atoms with Crippen molar-refractivity contribution in [3.8, 4) is 0 Å². The molecule has 1 aromatic carbocycles. The molecule has 2 aromatic heterocycles. The first-order chi connectivity index (χ1) is 7.36. The molecule has 0 unspecified atom stereocenters. The summed E-state index contributed by atoms with van der Waals surface area (Å²) in [7, 11) is 0. The predicted molar refractivity (Wildman–Crippen MR) is 61.8 cm³/mol. The second kappa shape index (κ2) is 3.02. The Morgan fingerprint density at radius 3 is 2.87 bits per heavy atom. The van der Waals surface area contributed by atoms with Gasteiger partial charge in [0, 0.05) is 29.4 Å². The van der Waals surface area contributed by atoms with Crippen LogP contribution in [0.25, 0.3) is 21.7 Å². The first-order valence-corrected chi connectivity index (χ1v) is 4.94. The molecule has 0 saturated carbocycles. The van der Waals surface area contributed by atoms with E-state index in [9.17, 15) is 0 Å². The van der Waals surface area contributed by atoms with Gasteiger partial charge >= 0.3 is 0 Å². The van der Waals surface area contributed by atoms with E-state index in [1.165, 1.54) is 16.3 Å². The van der Waals surface area contributed by atoms with E-state index < -0.39 is 0 Å². The Morgan fingerprint density at radius 1 is 1.00 bits per heavy atom. The molecule has 72 valence electrons. The second-order valence-corrected chi connectivity index (χ2v) is 3.69. The van der Waals surface area contributed by atoms with Crippen LogP contribution in [0.5, 0.6) is 0 Å². The highest BCUT2D eigenvalue weighted by atomic mass is 14.7. The zero-order valence-corrected chi connectivity index (χ0v) is 8.44. The van der Waals surface area contributed by atoms with Crippen LogP contribution >= 0.6 is 0 Å². The van der Waals surface area contributed by atoms with Gasteiger partial charge in [-0.2, -0.15) is 0 Å². The van der Waals surface area contributed by atoms with Gasteiger partial charge in [-0.1, -0.05) is 18.2 Å². The number of aryl methyl sites for hydroxylation is 1. The summed E-state index contributed by atoms with van der Waals surface area (Å²) in [6.45, 7) is 2.09. The standard InChI is InChI=1S/C13H10N2/c1-9-3-2-4-12-11-5-6-14-7-10(11)8-15-13(9)12/h2-8H,1H3. The Balaban J connectivity index is 2.60. The zero-order valence-electron chi connectivity index (χ0n) is 8.44. The lowest BCUT2D eigenvalue weighted by Gasteiger charge is -2.04. The topological polar surface area (TPSA) is 25.8 Å². The molecule has 2 heteroatoms. The molecule has 0 spiro atoms. The molecule has 15 heavy (non-hydrogen) atoms. The molecule has 0 atom stereocenters. The van der Waals surface area contributed by atoms with E-state index in [1.807, 2.05) is 24.7 Å². The summed E-state index contributed by atoms with van der Waals surface area (Å²) in [5, 5.41) is 3.52. The Bertz CT molecular complexity index is 644. The highest BCUT2D eigenvalue weighted by molar-refractivity contribution is 6.05. The Hall–Kier alpha value is -1.96. The minimum Gasteiger partial charge on any atom is -0.264 e. The van der Waals surface area contributed by atoms with Crippen LogP contribution in [-0.2, 0) is 0 Å². The van der Waals surface area contributed by atoms with E-state index in [1.54, 1.807) is 0 Å². The number of benzene rings is 1. The van der Waals surface area contributed by atoms with Crippen molar-refractivity contribution < 1.29 is 0 Å². The lowest BCUT2D eigenvalue weighted by atomic mass is 10.1. The fourth-order valence-electron chi connectivity index (χ4n) is 1.94. The number of fused-ring (bicyclic) bond motifs is 3. The summed E-state index contributed by atoms with van der Waals surface area (Å²) in [5.74, 6) is 0. The molecule has 2 heterocycles. The summed E-state index contributed by atoms with van der Waals surface area (Å²) in [4.78, 5) is 8.57. The Kier molecular flexibility index (Phi) is 1.68. The maximum absolute atomic E-state index is 4.47. The predicted octanol–water partition coefficient (Wildman–Crippen LogP) is 3.09. The summed E-state index contributed by atoms with van der Waals surface area (Å²) >= 11 is 0. The minimum atomic E-state index is 1.08. The number of para-hydroxylation sites is 1. The van der Waals surface area contributed by atoms with E-state index in [2.05, 4.69) is 35.1 Å². The number of hydrogen-bond acceptors (Lipinski definition) is 2. The number of hydrogen-bond donors (Lipinski definition) is 0. The quantitative estimate of drug-likeness (QED) is 0.514. The van der Waals surface area contributed by atoms with Gasteiger partial charge in [-0.25, -0.2) is 0 Å². The largest absolute Gasteiger partial charge is 0.264 e. The lowest BCUT2D eigenvalue weighted by Crippen LogP contribution is -1.85. The van der Waals surface area contributed by atoms with Crippen LogP contribution in [0.1, 0.15) is 5.56 Å². The molecule has 0 amide bonds. The van der Waals surface area contributed by atoms with Crippen LogP contribution < -0.4 is 0 Å². The van der Waals surface area contributed by atoms with Crippen molar-refractivity contribution in [1.82, 2.24) is 9.97 Å². The van der Waals surface area contributed by atoms with Crippen LogP contribution in [0.3, 0.4) is 0 Å². The first kappa shape index (κ1) is 8.36. The van der Waals surface area contributed by atoms with Gasteiger partial charge in [-0.15, -0.1) is 0 Å². The normalized spacial score (nSPS) is 11.0. The van der Waals surface area contributed by atoms with Crippen molar-refractivity contribution in [2.75, 3.05) is 0 Å². The smallest absolute Gasteiger partial charge is 0.0737 e.